The molecule has 1 aliphatic heterocycles. The van der Waals surface area contributed by atoms with Gasteiger partial charge in [-0.2, -0.15) is 11.8 Å². The molecule has 1 saturated heterocycles. The maximum absolute atomic E-state index is 12.9. The third kappa shape index (κ3) is 6.59. The summed E-state index contributed by atoms with van der Waals surface area (Å²) >= 11 is 1.89. The number of nitrogens with one attached hydrogen (secondary N) is 1. The van der Waals surface area contributed by atoms with Gasteiger partial charge in [0.25, 0.3) is 5.91 Å². The van der Waals surface area contributed by atoms with Crippen LogP contribution in [0.1, 0.15) is 28.4 Å². The van der Waals surface area contributed by atoms with Gasteiger partial charge in [0.2, 0.25) is 0 Å². The van der Waals surface area contributed by atoms with Crippen LogP contribution < -0.4 is 10.2 Å². The number of aromatic nitrogens is 1. The quantitative estimate of drug-likeness (QED) is 0.490. The van der Waals surface area contributed by atoms with Gasteiger partial charge in [-0.1, -0.05) is 31.2 Å². The second-order valence-electron chi connectivity index (χ2n) is 8.24. The summed E-state index contributed by atoms with van der Waals surface area (Å²) in [6.07, 6.45) is 4.77. The number of hydrogen-bond acceptors (Lipinski definition) is 5. The summed E-state index contributed by atoms with van der Waals surface area (Å²) in [5, 5.41) is 3.14. The van der Waals surface area contributed by atoms with Crippen molar-refractivity contribution in [1.82, 2.24) is 9.88 Å². The monoisotopic (exact) mass is 460 g/mol. The first-order valence-electron chi connectivity index (χ1n) is 11.7. The summed E-state index contributed by atoms with van der Waals surface area (Å²) < 4.78 is 0. The van der Waals surface area contributed by atoms with E-state index in [4.69, 9.17) is 0 Å². The molecule has 0 bridgehead atoms. The van der Waals surface area contributed by atoms with Crippen LogP contribution in [0.5, 0.6) is 0 Å². The van der Waals surface area contributed by atoms with Crippen molar-refractivity contribution >= 4 is 29.0 Å². The number of amides is 1. The second-order valence-corrected chi connectivity index (χ2v) is 9.51. The van der Waals surface area contributed by atoms with Gasteiger partial charge in [0, 0.05) is 56.4 Å². The van der Waals surface area contributed by atoms with Crippen LogP contribution in [0.25, 0.3) is 0 Å². The van der Waals surface area contributed by atoms with Crippen LogP contribution in [-0.4, -0.2) is 54.3 Å². The molecule has 0 saturated carbocycles. The van der Waals surface area contributed by atoms with Crippen molar-refractivity contribution in [3.63, 3.8) is 0 Å². The Morgan fingerprint density at radius 3 is 2.39 bits per heavy atom. The summed E-state index contributed by atoms with van der Waals surface area (Å²) in [6, 6.07) is 20.2. The second kappa shape index (κ2) is 11.9. The minimum atomic E-state index is -0.0619. The highest BCUT2D eigenvalue weighted by atomic mass is 32.2. The molecule has 1 aliphatic rings. The molecule has 0 radical (unpaired) electrons. The lowest BCUT2D eigenvalue weighted by Gasteiger charge is -2.37. The highest BCUT2D eigenvalue weighted by Gasteiger charge is 2.20. The van der Waals surface area contributed by atoms with Crippen LogP contribution in [0.3, 0.4) is 0 Å². The lowest BCUT2D eigenvalue weighted by atomic mass is 10.1. The van der Waals surface area contributed by atoms with E-state index in [1.54, 1.807) is 0 Å². The molecule has 0 unspecified atom stereocenters. The van der Waals surface area contributed by atoms with Gasteiger partial charge in [0.1, 0.15) is 0 Å². The zero-order valence-electron chi connectivity index (χ0n) is 19.2. The number of para-hydroxylation sites is 2. The number of benzene rings is 2. The van der Waals surface area contributed by atoms with Crippen molar-refractivity contribution in [2.75, 3.05) is 48.7 Å². The van der Waals surface area contributed by atoms with Crippen molar-refractivity contribution in [3.8, 4) is 0 Å². The Balaban J connectivity index is 1.33. The van der Waals surface area contributed by atoms with Gasteiger partial charge in [-0.25, -0.2) is 0 Å². The predicted octanol–water partition coefficient (Wildman–Crippen LogP) is 4.95. The van der Waals surface area contributed by atoms with Gasteiger partial charge < -0.3 is 10.2 Å². The summed E-state index contributed by atoms with van der Waals surface area (Å²) in [6.45, 7) is 7.16. The van der Waals surface area contributed by atoms with E-state index in [0.29, 0.717) is 5.56 Å². The first-order chi connectivity index (χ1) is 16.2. The maximum Gasteiger partial charge on any atom is 0.255 e. The van der Waals surface area contributed by atoms with E-state index in [0.717, 1.165) is 62.0 Å². The summed E-state index contributed by atoms with van der Waals surface area (Å²) in [7, 11) is 0. The van der Waals surface area contributed by atoms with Crippen LogP contribution in [-0.2, 0) is 12.2 Å². The fraction of sp³-hybridized carbons (Fsp3) is 0.333. The Bertz CT molecular complexity index is 1020. The summed E-state index contributed by atoms with van der Waals surface area (Å²) in [5.74, 6) is 2.02. The largest absolute Gasteiger partial charge is 0.367 e. The van der Waals surface area contributed by atoms with Crippen molar-refractivity contribution in [2.24, 2.45) is 0 Å². The van der Waals surface area contributed by atoms with Crippen LogP contribution in [0, 0.1) is 0 Å². The third-order valence-corrected chi connectivity index (χ3v) is 6.97. The molecular formula is C27H32N4OS. The van der Waals surface area contributed by atoms with E-state index >= 15 is 0 Å². The molecule has 1 N–H and O–H groups in total. The third-order valence-electron chi connectivity index (χ3n) is 6.02. The zero-order chi connectivity index (χ0) is 22.9. The Labute approximate surface area is 201 Å². The molecule has 0 atom stereocenters. The van der Waals surface area contributed by atoms with Gasteiger partial charge in [-0.3, -0.25) is 14.7 Å². The number of piperazine rings is 1. The van der Waals surface area contributed by atoms with Crippen LogP contribution in [0.2, 0.25) is 0 Å². The number of pyridine rings is 1. The molecule has 1 amide bonds. The maximum atomic E-state index is 12.9. The molecule has 172 valence electrons. The van der Waals surface area contributed by atoms with Gasteiger partial charge in [-0.05, 0) is 59.7 Å². The molecule has 4 rings (SSSR count). The van der Waals surface area contributed by atoms with Crippen LogP contribution in [0.4, 0.5) is 11.4 Å². The molecule has 2 aromatic carbocycles. The van der Waals surface area contributed by atoms with Crippen molar-refractivity contribution in [2.45, 2.75) is 19.1 Å². The Kier molecular flexibility index (Phi) is 8.39. The lowest BCUT2D eigenvalue weighted by Crippen LogP contribution is -2.47. The summed E-state index contributed by atoms with van der Waals surface area (Å²) in [4.78, 5) is 21.9. The van der Waals surface area contributed by atoms with Crippen molar-refractivity contribution in [3.05, 3.63) is 89.7 Å². The standard InChI is InChI=1S/C27H32N4OS/c1-2-33-21-23-7-9-24(10-8-23)27(32)29-25-5-3-4-6-26(25)31-19-17-30(18-20-31)16-13-22-11-14-28-15-12-22/h3-12,14-15H,2,13,16-21H2,1H3,(H,29,32). The SMILES string of the molecule is CCSCc1ccc(C(=O)Nc2ccccc2N2CCN(CCc3ccncc3)CC2)cc1. The highest BCUT2D eigenvalue weighted by molar-refractivity contribution is 7.98. The van der Waals surface area contributed by atoms with E-state index < -0.39 is 0 Å². The molecule has 2 heterocycles. The topological polar surface area (TPSA) is 48.5 Å². The number of rotatable bonds is 9. The number of anilines is 2. The number of carbonyl (C=O) groups is 1. The smallest absolute Gasteiger partial charge is 0.255 e. The molecule has 5 nitrogen and oxygen atoms in total. The molecule has 6 heteroatoms. The van der Waals surface area contributed by atoms with E-state index in [2.05, 4.69) is 57.4 Å². The lowest BCUT2D eigenvalue weighted by molar-refractivity contribution is 0.102. The highest BCUT2D eigenvalue weighted by Crippen LogP contribution is 2.27. The Morgan fingerprint density at radius 1 is 0.939 bits per heavy atom. The van der Waals surface area contributed by atoms with Crippen LogP contribution in [0.15, 0.2) is 73.1 Å². The fourth-order valence-electron chi connectivity index (χ4n) is 4.07. The first-order valence-corrected chi connectivity index (χ1v) is 12.8. The molecule has 3 aromatic rings. The summed E-state index contributed by atoms with van der Waals surface area (Å²) in [5.41, 5.74) is 5.24. The molecule has 0 aliphatic carbocycles. The average molecular weight is 461 g/mol. The number of nitrogens with zero attached hydrogens (tertiary/aromatic N) is 3. The Morgan fingerprint density at radius 2 is 1.67 bits per heavy atom. The van der Waals surface area contributed by atoms with Crippen molar-refractivity contribution < 1.29 is 4.79 Å². The number of hydrogen-bond donors (Lipinski definition) is 1. The predicted molar refractivity (Wildman–Crippen MR) is 139 cm³/mol. The molecule has 1 fully saturated rings. The molecule has 0 spiro atoms. The number of thioether (sulfide) groups is 1. The Hall–Kier alpha value is -2.83. The molecular weight excluding hydrogens is 428 g/mol. The molecule has 33 heavy (non-hydrogen) atoms. The first kappa shape index (κ1) is 23.3. The van der Waals surface area contributed by atoms with Gasteiger partial charge in [0.15, 0.2) is 0 Å². The fourth-order valence-corrected chi connectivity index (χ4v) is 4.70. The zero-order valence-corrected chi connectivity index (χ0v) is 20.1. The van der Waals surface area contributed by atoms with E-state index in [9.17, 15) is 4.79 Å². The normalized spacial score (nSPS) is 14.3. The number of carbonyl (C=O) groups excluding carboxylic acids is 1. The van der Waals surface area contributed by atoms with Gasteiger partial charge in [-0.15, -0.1) is 0 Å². The van der Waals surface area contributed by atoms with Crippen molar-refractivity contribution in [1.29, 1.82) is 0 Å². The van der Waals surface area contributed by atoms with E-state index in [-0.39, 0.29) is 5.91 Å². The van der Waals surface area contributed by atoms with E-state index in [1.807, 2.05) is 54.5 Å². The van der Waals surface area contributed by atoms with Crippen LogP contribution >= 0.6 is 11.8 Å². The van der Waals surface area contributed by atoms with Gasteiger partial charge >= 0.3 is 0 Å². The molecule has 1 aromatic heterocycles. The average Bonchev–Trinajstić information content (AvgIpc) is 2.88. The minimum absolute atomic E-state index is 0.0619. The minimum Gasteiger partial charge on any atom is -0.367 e. The van der Waals surface area contributed by atoms with E-state index in [1.165, 1.54) is 11.1 Å². The van der Waals surface area contributed by atoms with Gasteiger partial charge in [0.05, 0.1) is 11.4 Å².